The lowest BCUT2D eigenvalue weighted by Gasteiger charge is -2.12. The van der Waals surface area contributed by atoms with Crippen molar-refractivity contribution in [1.82, 2.24) is 5.32 Å². The van der Waals surface area contributed by atoms with Crippen LogP contribution in [-0.2, 0) is 6.42 Å². The number of carbonyl (C=O) groups is 1. The predicted octanol–water partition coefficient (Wildman–Crippen LogP) is 3.68. The second-order valence-electron chi connectivity index (χ2n) is 4.79. The second-order valence-corrected chi connectivity index (χ2v) is 5.20. The first-order valence-corrected chi connectivity index (χ1v) is 7.28. The Morgan fingerprint density at radius 2 is 1.90 bits per heavy atom. The monoisotopic (exact) mass is 298 g/mol. The van der Waals surface area contributed by atoms with E-state index < -0.39 is 0 Å². The summed E-state index contributed by atoms with van der Waals surface area (Å²) in [4.78, 5) is 12.1. The topological polar surface area (TPSA) is 41.1 Å². The average Bonchev–Trinajstić information content (AvgIpc) is 2.47. The molecule has 0 aliphatic carbocycles. The highest BCUT2D eigenvalue weighted by Gasteiger charge is 2.09. The molecule has 0 aliphatic rings. The number of thiocarbonyl (C=S) groups is 1. The number of para-hydroxylation sites is 1. The fraction of sp³-hybridized carbons (Fsp3) is 0.176. The van der Waals surface area contributed by atoms with Crippen LogP contribution in [0, 0.1) is 6.92 Å². The van der Waals surface area contributed by atoms with Crippen molar-refractivity contribution in [2.75, 3.05) is 5.32 Å². The van der Waals surface area contributed by atoms with Crippen LogP contribution in [0.3, 0.4) is 0 Å². The maximum Gasteiger partial charge on any atom is 0.257 e. The Hall–Kier alpha value is -2.20. The summed E-state index contributed by atoms with van der Waals surface area (Å²) in [5, 5.41) is 6.09. The molecule has 21 heavy (non-hydrogen) atoms. The van der Waals surface area contributed by atoms with Crippen LogP contribution in [0.2, 0.25) is 0 Å². The van der Waals surface area contributed by atoms with Gasteiger partial charge in [-0.15, -0.1) is 0 Å². The summed E-state index contributed by atoms with van der Waals surface area (Å²) >= 11 is 5.21. The number of hydrogen-bond acceptors (Lipinski definition) is 2. The number of aryl methyl sites for hydroxylation is 2. The van der Waals surface area contributed by atoms with Crippen molar-refractivity contribution in [2.24, 2.45) is 0 Å². The van der Waals surface area contributed by atoms with Gasteiger partial charge in [0.25, 0.3) is 5.91 Å². The van der Waals surface area contributed by atoms with E-state index in [1.54, 1.807) is 6.07 Å². The van der Waals surface area contributed by atoms with Crippen LogP contribution >= 0.6 is 12.2 Å². The van der Waals surface area contributed by atoms with E-state index in [-0.39, 0.29) is 5.91 Å². The Labute approximate surface area is 130 Å². The first-order valence-electron chi connectivity index (χ1n) is 6.87. The molecular weight excluding hydrogens is 280 g/mol. The van der Waals surface area contributed by atoms with E-state index in [2.05, 4.69) is 17.6 Å². The smallest absolute Gasteiger partial charge is 0.257 e. The molecule has 2 rings (SSSR count). The molecule has 1 amide bonds. The number of nitrogens with one attached hydrogen (secondary N) is 2. The van der Waals surface area contributed by atoms with Gasteiger partial charge in [0, 0.05) is 11.3 Å². The summed E-state index contributed by atoms with van der Waals surface area (Å²) in [7, 11) is 0. The first kappa shape index (κ1) is 15.2. The van der Waals surface area contributed by atoms with Crippen molar-refractivity contribution < 1.29 is 4.79 Å². The number of anilines is 1. The van der Waals surface area contributed by atoms with Gasteiger partial charge in [-0.3, -0.25) is 10.1 Å². The van der Waals surface area contributed by atoms with Gasteiger partial charge in [0.1, 0.15) is 0 Å². The molecule has 0 heterocycles. The van der Waals surface area contributed by atoms with Gasteiger partial charge in [0.15, 0.2) is 5.11 Å². The molecule has 0 saturated carbocycles. The lowest BCUT2D eigenvalue weighted by atomic mass is 10.1. The average molecular weight is 298 g/mol. The lowest BCUT2D eigenvalue weighted by molar-refractivity contribution is 0.0977. The summed E-state index contributed by atoms with van der Waals surface area (Å²) < 4.78 is 0. The summed E-state index contributed by atoms with van der Waals surface area (Å²) in [6.45, 7) is 4.03. The second kappa shape index (κ2) is 6.99. The van der Waals surface area contributed by atoms with E-state index in [4.69, 9.17) is 12.2 Å². The fourth-order valence-corrected chi connectivity index (χ4v) is 2.27. The summed E-state index contributed by atoms with van der Waals surface area (Å²) in [6, 6.07) is 15.3. The molecular formula is C17H18N2OS. The van der Waals surface area contributed by atoms with Crippen molar-refractivity contribution >= 4 is 28.9 Å². The fourth-order valence-electron chi connectivity index (χ4n) is 2.07. The lowest BCUT2D eigenvalue weighted by Crippen LogP contribution is -2.34. The van der Waals surface area contributed by atoms with Gasteiger partial charge in [0.2, 0.25) is 0 Å². The van der Waals surface area contributed by atoms with Gasteiger partial charge in [-0.05, 0) is 49.3 Å². The highest BCUT2D eigenvalue weighted by Crippen LogP contribution is 2.15. The SMILES string of the molecule is CCc1ccccc1NC(=S)NC(=O)c1cccc(C)c1. The minimum Gasteiger partial charge on any atom is -0.332 e. The van der Waals surface area contributed by atoms with Gasteiger partial charge >= 0.3 is 0 Å². The van der Waals surface area contributed by atoms with Gasteiger partial charge in [-0.2, -0.15) is 0 Å². The van der Waals surface area contributed by atoms with E-state index in [0.717, 1.165) is 23.2 Å². The first-order chi connectivity index (χ1) is 10.1. The highest BCUT2D eigenvalue weighted by atomic mass is 32.1. The molecule has 0 bridgehead atoms. The minimum absolute atomic E-state index is 0.204. The molecule has 0 spiro atoms. The third kappa shape index (κ3) is 4.13. The van der Waals surface area contributed by atoms with Crippen molar-refractivity contribution in [3.8, 4) is 0 Å². The van der Waals surface area contributed by atoms with E-state index in [9.17, 15) is 4.79 Å². The van der Waals surface area contributed by atoms with E-state index in [1.165, 1.54) is 0 Å². The van der Waals surface area contributed by atoms with Gasteiger partial charge in [0.05, 0.1) is 0 Å². The van der Waals surface area contributed by atoms with Crippen LogP contribution in [0.25, 0.3) is 0 Å². The molecule has 0 saturated heterocycles. The summed E-state index contributed by atoms with van der Waals surface area (Å²) in [5.41, 5.74) is 3.72. The minimum atomic E-state index is -0.204. The number of hydrogen-bond donors (Lipinski definition) is 2. The van der Waals surface area contributed by atoms with Gasteiger partial charge < -0.3 is 5.32 Å². The molecule has 108 valence electrons. The Kier molecular flexibility index (Phi) is 5.06. The zero-order valence-corrected chi connectivity index (χ0v) is 13.0. The molecule has 2 aromatic rings. The molecule has 3 nitrogen and oxygen atoms in total. The molecule has 2 aromatic carbocycles. The highest BCUT2D eigenvalue weighted by molar-refractivity contribution is 7.80. The number of carbonyl (C=O) groups excluding carboxylic acids is 1. The van der Waals surface area contributed by atoms with Crippen molar-refractivity contribution in [2.45, 2.75) is 20.3 Å². The zero-order valence-electron chi connectivity index (χ0n) is 12.1. The van der Waals surface area contributed by atoms with Gasteiger partial charge in [-0.1, -0.05) is 42.8 Å². The van der Waals surface area contributed by atoms with Crippen molar-refractivity contribution in [3.63, 3.8) is 0 Å². The van der Waals surface area contributed by atoms with Crippen molar-refractivity contribution in [1.29, 1.82) is 0 Å². The van der Waals surface area contributed by atoms with Crippen molar-refractivity contribution in [3.05, 3.63) is 65.2 Å². The molecule has 0 fully saturated rings. The molecule has 2 N–H and O–H groups in total. The maximum absolute atomic E-state index is 12.1. The maximum atomic E-state index is 12.1. The zero-order chi connectivity index (χ0) is 15.2. The molecule has 0 aromatic heterocycles. The Morgan fingerprint density at radius 3 is 2.62 bits per heavy atom. The van der Waals surface area contributed by atoms with Crippen LogP contribution < -0.4 is 10.6 Å². The van der Waals surface area contributed by atoms with Crippen LogP contribution in [0.1, 0.15) is 28.4 Å². The standard InChI is InChI=1S/C17H18N2OS/c1-3-13-8-4-5-10-15(13)18-17(21)19-16(20)14-9-6-7-12(2)11-14/h4-11H,3H2,1-2H3,(H2,18,19,20,21). The van der Waals surface area contributed by atoms with Crippen LogP contribution in [0.15, 0.2) is 48.5 Å². The summed E-state index contributed by atoms with van der Waals surface area (Å²) in [6.07, 6.45) is 0.900. The van der Waals surface area contributed by atoms with Gasteiger partial charge in [-0.25, -0.2) is 0 Å². The van der Waals surface area contributed by atoms with Crippen LogP contribution in [-0.4, -0.2) is 11.0 Å². The molecule has 0 atom stereocenters. The predicted molar refractivity (Wildman–Crippen MR) is 90.7 cm³/mol. The van der Waals surface area contributed by atoms with E-state index >= 15 is 0 Å². The molecule has 4 heteroatoms. The van der Waals surface area contributed by atoms with E-state index in [0.29, 0.717) is 10.7 Å². The quantitative estimate of drug-likeness (QED) is 0.849. The van der Waals surface area contributed by atoms with E-state index in [1.807, 2.05) is 49.4 Å². The third-order valence-corrected chi connectivity index (χ3v) is 3.36. The molecule has 0 unspecified atom stereocenters. The largest absolute Gasteiger partial charge is 0.332 e. The number of rotatable bonds is 3. The Morgan fingerprint density at radius 1 is 1.14 bits per heavy atom. The Balaban J connectivity index is 2.03. The normalized spacial score (nSPS) is 10.0. The number of benzene rings is 2. The molecule has 0 radical (unpaired) electrons. The van der Waals surface area contributed by atoms with Crippen LogP contribution in [0.5, 0.6) is 0 Å². The Bertz CT molecular complexity index is 667. The third-order valence-electron chi connectivity index (χ3n) is 3.15. The van der Waals surface area contributed by atoms with Crippen LogP contribution in [0.4, 0.5) is 5.69 Å². The molecule has 0 aliphatic heterocycles. The summed E-state index contributed by atoms with van der Waals surface area (Å²) in [5.74, 6) is -0.204. The number of amides is 1.